The van der Waals surface area contributed by atoms with Gasteiger partial charge in [0.2, 0.25) is 0 Å². The Morgan fingerprint density at radius 1 is 1.45 bits per heavy atom. The number of hydrogen-bond acceptors (Lipinski definition) is 5. The number of hydrogen-bond donors (Lipinski definition) is 2. The van der Waals surface area contributed by atoms with Gasteiger partial charge in [0.1, 0.15) is 11.3 Å². The molecule has 1 saturated carbocycles. The van der Waals surface area contributed by atoms with Gasteiger partial charge in [0.25, 0.3) is 11.6 Å². The Morgan fingerprint density at radius 2 is 2.10 bits per heavy atom. The van der Waals surface area contributed by atoms with Gasteiger partial charge in [-0.2, -0.15) is 0 Å². The summed E-state index contributed by atoms with van der Waals surface area (Å²) in [5.41, 5.74) is 5.56. The molecule has 1 aliphatic carbocycles. The molecule has 0 unspecified atom stereocenters. The Kier molecular flexibility index (Phi) is 4.51. The van der Waals surface area contributed by atoms with Gasteiger partial charge in [0.15, 0.2) is 0 Å². The third-order valence-corrected chi connectivity index (χ3v) is 3.69. The fraction of sp³-hybridized carbons (Fsp3) is 0.500. The molecule has 20 heavy (non-hydrogen) atoms. The monoisotopic (exact) mass is 298 g/mol. The normalized spacial score (nSPS) is 22.3. The maximum absolute atomic E-state index is 12.1. The Labute approximate surface area is 120 Å². The van der Waals surface area contributed by atoms with Crippen LogP contribution in [0.4, 0.5) is 5.69 Å². The molecule has 0 aromatic carbocycles. The van der Waals surface area contributed by atoms with Gasteiger partial charge in [-0.3, -0.25) is 14.9 Å². The van der Waals surface area contributed by atoms with E-state index < -0.39 is 10.8 Å². The van der Waals surface area contributed by atoms with Crippen molar-refractivity contribution in [3.8, 4) is 0 Å². The predicted octanol–water partition coefficient (Wildman–Crippen LogP) is 1.64. The fourth-order valence-corrected chi connectivity index (χ4v) is 2.41. The largest absolute Gasteiger partial charge is 0.349 e. The molecule has 2 rings (SSSR count). The van der Waals surface area contributed by atoms with Crippen LogP contribution >= 0.6 is 11.6 Å². The second-order valence-electron chi connectivity index (χ2n) is 4.87. The summed E-state index contributed by atoms with van der Waals surface area (Å²) in [6.07, 6.45) is 4.33. The van der Waals surface area contributed by atoms with Crippen LogP contribution in [0, 0.1) is 10.1 Å². The number of carbonyl (C=O) groups excluding carboxylic acids is 1. The van der Waals surface area contributed by atoms with Gasteiger partial charge in [-0.15, -0.1) is 0 Å². The van der Waals surface area contributed by atoms with Crippen molar-refractivity contribution in [1.82, 2.24) is 10.3 Å². The molecule has 0 bridgehead atoms. The van der Waals surface area contributed by atoms with E-state index >= 15 is 0 Å². The maximum atomic E-state index is 12.1. The average Bonchev–Trinajstić information content (AvgIpc) is 2.41. The summed E-state index contributed by atoms with van der Waals surface area (Å²) < 4.78 is 0. The number of nitrogens with one attached hydrogen (secondary N) is 1. The van der Waals surface area contributed by atoms with Crippen LogP contribution in [0.3, 0.4) is 0 Å². The predicted molar refractivity (Wildman–Crippen MR) is 73.6 cm³/mol. The van der Waals surface area contributed by atoms with E-state index in [1.807, 2.05) is 0 Å². The highest BCUT2D eigenvalue weighted by molar-refractivity contribution is 6.32. The molecule has 0 atom stereocenters. The minimum absolute atomic E-state index is 0.0238. The van der Waals surface area contributed by atoms with Gasteiger partial charge in [-0.1, -0.05) is 11.6 Å². The lowest BCUT2D eigenvalue weighted by molar-refractivity contribution is -0.385. The Bertz CT molecular complexity index is 529. The van der Waals surface area contributed by atoms with Crippen LogP contribution in [-0.2, 0) is 0 Å². The van der Waals surface area contributed by atoms with E-state index in [0.717, 1.165) is 37.9 Å². The smallest absolute Gasteiger partial charge is 0.288 e. The number of rotatable bonds is 3. The molecular weight excluding hydrogens is 284 g/mol. The number of pyridine rings is 1. The quantitative estimate of drug-likeness (QED) is 0.500. The zero-order valence-electron chi connectivity index (χ0n) is 10.7. The number of nitrogens with two attached hydrogens (primary N) is 1. The first-order valence-corrected chi connectivity index (χ1v) is 6.71. The number of aromatic nitrogens is 1. The van der Waals surface area contributed by atoms with E-state index in [1.54, 1.807) is 0 Å². The molecule has 8 heteroatoms. The van der Waals surface area contributed by atoms with Crippen LogP contribution in [0.15, 0.2) is 12.3 Å². The van der Waals surface area contributed by atoms with Crippen molar-refractivity contribution in [1.29, 1.82) is 0 Å². The van der Waals surface area contributed by atoms with Gasteiger partial charge in [0.05, 0.1) is 10.5 Å². The van der Waals surface area contributed by atoms with E-state index in [-0.39, 0.29) is 28.5 Å². The van der Waals surface area contributed by atoms with Crippen LogP contribution in [0.25, 0.3) is 0 Å². The zero-order chi connectivity index (χ0) is 14.7. The molecule has 0 spiro atoms. The van der Waals surface area contributed by atoms with Gasteiger partial charge in [-0.05, 0) is 25.7 Å². The van der Waals surface area contributed by atoms with E-state index in [9.17, 15) is 14.9 Å². The first-order chi connectivity index (χ1) is 9.47. The maximum Gasteiger partial charge on any atom is 0.288 e. The van der Waals surface area contributed by atoms with Crippen molar-refractivity contribution in [2.24, 2.45) is 5.73 Å². The second kappa shape index (κ2) is 6.15. The molecule has 3 N–H and O–H groups in total. The lowest BCUT2D eigenvalue weighted by Crippen LogP contribution is -2.40. The van der Waals surface area contributed by atoms with E-state index in [1.165, 1.54) is 0 Å². The third kappa shape index (κ3) is 3.43. The zero-order valence-corrected chi connectivity index (χ0v) is 11.5. The number of carbonyl (C=O) groups is 1. The summed E-state index contributed by atoms with van der Waals surface area (Å²) in [5, 5.41) is 13.5. The third-order valence-electron chi connectivity index (χ3n) is 3.39. The average molecular weight is 299 g/mol. The van der Waals surface area contributed by atoms with Crippen molar-refractivity contribution < 1.29 is 9.72 Å². The van der Waals surface area contributed by atoms with Crippen molar-refractivity contribution >= 4 is 23.2 Å². The standard InChI is InChI=1S/C12H15ClN4O3/c13-11-10(5-9(6-15-11)17(19)20)12(18)16-8-3-1-7(14)2-4-8/h5-8H,1-4,14H2,(H,16,18). The van der Waals surface area contributed by atoms with Crippen molar-refractivity contribution in [2.75, 3.05) is 0 Å². The summed E-state index contributed by atoms with van der Waals surface area (Å²) in [6, 6.07) is 1.35. The van der Waals surface area contributed by atoms with Crippen LogP contribution in [0.2, 0.25) is 5.15 Å². The Morgan fingerprint density at radius 3 is 2.70 bits per heavy atom. The Balaban J connectivity index is 2.08. The highest BCUT2D eigenvalue weighted by atomic mass is 35.5. The first kappa shape index (κ1) is 14.7. The van der Waals surface area contributed by atoms with Crippen LogP contribution in [-0.4, -0.2) is 27.9 Å². The topological polar surface area (TPSA) is 111 Å². The molecule has 0 radical (unpaired) electrons. The van der Waals surface area contributed by atoms with Gasteiger partial charge in [-0.25, -0.2) is 4.98 Å². The molecule has 1 aromatic heterocycles. The minimum Gasteiger partial charge on any atom is -0.349 e. The molecule has 0 saturated heterocycles. The molecule has 108 valence electrons. The molecular formula is C12H15ClN4O3. The van der Waals surface area contributed by atoms with Crippen LogP contribution in [0.5, 0.6) is 0 Å². The summed E-state index contributed by atoms with van der Waals surface area (Å²) in [5.74, 6) is -0.438. The SMILES string of the molecule is NC1CCC(NC(=O)c2cc([N+](=O)[O-])cnc2Cl)CC1. The summed E-state index contributed by atoms with van der Waals surface area (Å²) in [4.78, 5) is 25.8. The molecule has 1 amide bonds. The van der Waals surface area contributed by atoms with Crippen LogP contribution in [0.1, 0.15) is 36.0 Å². The highest BCUT2D eigenvalue weighted by Crippen LogP contribution is 2.21. The molecule has 1 fully saturated rings. The molecule has 7 nitrogen and oxygen atoms in total. The van der Waals surface area contributed by atoms with Crippen molar-refractivity contribution in [2.45, 2.75) is 37.8 Å². The lowest BCUT2D eigenvalue weighted by Gasteiger charge is -2.26. The lowest BCUT2D eigenvalue weighted by atomic mass is 9.91. The number of halogens is 1. The van der Waals surface area contributed by atoms with Gasteiger partial charge < -0.3 is 11.1 Å². The highest BCUT2D eigenvalue weighted by Gasteiger charge is 2.23. The van der Waals surface area contributed by atoms with Gasteiger partial charge in [0, 0.05) is 18.2 Å². The molecule has 1 heterocycles. The summed E-state index contributed by atoms with van der Waals surface area (Å²) in [7, 11) is 0. The number of nitrogens with zero attached hydrogens (tertiary/aromatic N) is 2. The summed E-state index contributed by atoms with van der Waals surface area (Å²) in [6.45, 7) is 0. The first-order valence-electron chi connectivity index (χ1n) is 6.33. The van der Waals surface area contributed by atoms with Crippen molar-refractivity contribution in [3.05, 3.63) is 33.1 Å². The van der Waals surface area contributed by atoms with Crippen molar-refractivity contribution in [3.63, 3.8) is 0 Å². The number of amides is 1. The fourth-order valence-electron chi connectivity index (χ4n) is 2.22. The second-order valence-corrected chi connectivity index (χ2v) is 5.23. The molecule has 1 aliphatic rings. The molecule has 1 aromatic rings. The number of nitro groups is 1. The van der Waals surface area contributed by atoms with E-state index in [4.69, 9.17) is 17.3 Å². The molecule has 0 aliphatic heterocycles. The van der Waals surface area contributed by atoms with Crippen LogP contribution < -0.4 is 11.1 Å². The Hall–Kier alpha value is -1.73. The van der Waals surface area contributed by atoms with Gasteiger partial charge >= 0.3 is 0 Å². The van der Waals surface area contributed by atoms with E-state index in [0.29, 0.717) is 0 Å². The summed E-state index contributed by atoms with van der Waals surface area (Å²) >= 11 is 5.82. The minimum atomic E-state index is -0.611. The van der Waals surface area contributed by atoms with E-state index in [2.05, 4.69) is 10.3 Å².